The van der Waals surface area contributed by atoms with Crippen LogP contribution in [0.15, 0.2) is 48.7 Å². The van der Waals surface area contributed by atoms with Crippen molar-refractivity contribution in [3.63, 3.8) is 0 Å². The minimum atomic E-state index is -0.627. The van der Waals surface area contributed by atoms with Crippen LogP contribution < -0.4 is 30.9 Å². The molecule has 3 aliphatic rings. The largest absolute Gasteiger partial charge is 0.495 e. The highest BCUT2D eigenvalue weighted by molar-refractivity contribution is 6.05. The molecule has 2 aliphatic carbocycles. The molecule has 2 amide bonds. The molecular formula is C39H51N7O5. The zero-order valence-electron chi connectivity index (χ0n) is 30.2. The molecule has 3 aromatic rings. The molecule has 0 bridgehead atoms. The Hall–Kier alpha value is -4.71. The molecule has 6 rings (SSSR count). The molecule has 2 saturated carbocycles. The highest BCUT2D eigenvalue weighted by Gasteiger charge is 2.41. The van der Waals surface area contributed by atoms with Gasteiger partial charge in [0.25, 0.3) is 5.91 Å². The average molecular weight is 698 g/mol. The molecule has 272 valence electrons. The molecule has 2 heterocycles. The molecule has 4 N–H and O–H groups in total. The number of carbonyl (C=O) groups is 3. The van der Waals surface area contributed by atoms with Crippen LogP contribution in [0.1, 0.15) is 94.0 Å². The maximum atomic E-state index is 13.3. The summed E-state index contributed by atoms with van der Waals surface area (Å²) in [5.74, 6) is 1.28. The number of amides is 2. The number of anilines is 5. The van der Waals surface area contributed by atoms with Crippen LogP contribution >= 0.6 is 0 Å². The van der Waals surface area contributed by atoms with Gasteiger partial charge in [-0.1, -0.05) is 38.8 Å². The zero-order chi connectivity index (χ0) is 36.1. The number of rotatable bonds is 13. The Balaban J connectivity index is 1.08. The van der Waals surface area contributed by atoms with Crippen LogP contribution in [0.4, 0.5) is 28.8 Å². The quantitative estimate of drug-likeness (QED) is 0.172. The number of nitrogens with one attached hydrogen (secondary N) is 2. The molecule has 0 radical (unpaired) electrons. The first kappa shape index (κ1) is 36.1. The third-order valence-corrected chi connectivity index (χ3v) is 10.5. The lowest BCUT2D eigenvalue weighted by molar-refractivity contribution is -0.150. The summed E-state index contributed by atoms with van der Waals surface area (Å²) in [5, 5.41) is 6.24. The zero-order valence-corrected chi connectivity index (χ0v) is 30.2. The van der Waals surface area contributed by atoms with Crippen LogP contribution in [-0.4, -0.2) is 66.1 Å². The van der Waals surface area contributed by atoms with Crippen LogP contribution in [0, 0.1) is 5.92 Å². The van der Waals surface area contributed by atoms with E-state index in [0.29, 0.717) is 47.2 Å². The van der Waals surface area contributed by atoms with Gasteiger partial charge < -0.3 is 35.6 Å². The Labute approximate surface area is 300 Å². The van der Waals surface area contributed by atoms with Crippen molar-refractivity contribution in [2.24, 2.45) is 11.7 Å². The summed E-state index contributed by atoms with van der Waals surface area (Å²) < 4.78 is 11.2. The van der Waals surface area contributed by atoms with Gasteiger partial charge in [-0.3, -0.25) is 14.4 Å². The standard InChI is InChI=1S/C39H51N7O5/c1-5-32-37(48)45(3)33-23-41-39(44-35(33)46(32)28-10-6-7-11-28)43-31-19-16-26(22-34(31)50-4)36(47)42-27-17-14-25(15-18-27)20-24(2)21-30(40)38(49)51-29-12-8-9-13-29/h14-19,22-24,28-30,32H,5-13,20-21,40H2,1-4H3,(H,42,47)(H,41,43,44)/t24-,30+,32-/m1/s1. The van der Waals surface area contributed by atoms with E-state index in [2.05, 4.69) is 27.4 Å². The molecule has 2 aromatic carbocycles. The first-order chi connectivity index (χ1) is 24.6. The number of likely N-dealkylation sites (N-methyl/N-ethyl adjacent to an activating group) is 1. The molecule has 1 aliphatic heterocycles. The molecule has 2 fully saturated rings. The number of benzene rings is 2. The van der Waals surface area contributed by atoms with E-state index in [1.807, 2.05) is 31.2 Å². The van der Waals surface area contributed by atoms with Crippen molar-refractivity contribution in [1.29, 1.82) is 0 Å². The Morgan fingerprint density at radius 2 is 1.75 bits per heavy atom. The van der Waals surface area contributed by atoms with Gasteiger partial charge >= 0.3 is 5.97 Å². The van der Waals surface area contributed by atoms with Gasteiger partial charge in [-0.05, 0) is 99.6 Å². The minimum absolute atomic E-state index is 0.0190. The van der Waals surface area contributed by atoms with E-state index in [-0.39, 0.29) is 41.9 Å². The lowest BCUT2D eigenvalue weighted by atomic mass is 9.94. The average Bonchev–Trinajstić information content (AvgIpc) is 3.86. The highest BCUT2D eigenvalue weighted by Crippen LogP contribution is 2.40. The van der Waals surface area contributed by atoms with Gasteiger partial charge in [-0.2, -0.15) is 4.98 Å². The molecular weight excluding hydrogens is 646 g/mol. The Kier molecular flexibility index (Phi) is 11.4. The Morgan fingerprint density at radius 1 is 1.04 bits per heavy atom. The number of carbonyl (C=O) groups excluding carboxylic acids is 3. The predicted molar refractivity (Wildman–Crippen MR) is 199 cm³/mol. The number of methoxy groups -OCH3 is 1. The molecule has 0 unspecified atom stereocenters. The maximum absolute atomic E-state index is 13.3. The number of nitrogens with two attached hydrogens (primary N) is 1. The maximum Gasteiger partial charge on any atom is 0.323 e. The molecule has 1 aromatic heterocycles. The number of nitrogens with zero attached hydrogens (tertiary/aromatic N) is 4. The van der Waals surface area contributed by atoms with Gasteiger partial charge in [0.1, 0.15) is 29.6 Å². The van der Waals surface area contributed by atoms with Crippen LogP contribution in [-0.2, 0) is 20.7 Å². The second-order valence-corrected chi connectivity index (χ2v) is 14.3. The second kappa shape index (κ2) is 16.1. The van der Waals surface area contributed by atoms with Gasteiger partial charge in [0.2, 0.25) is 11.9 Å². The van der Waals surface area contributed by atoms with Crippen molar-refractivity contribution in [1.82, 2.24) is 9.97 Å². The highest BCUT2D eigenvalue weighted by atomic mass is 16.5. The predicted octanol–water partition coefficient (Wildman–Crippen LogP) is 6.37. The van der Waals surface area contributed by atoms with Crippen LogP contribution in [0.3, 0.4) is 0 Å². The van der Waals surface area contributed by atoms with Crippen molar-refractivity contribution in [3.05, 3.63) is 59.8 Å². The first-order valence-corrected chi connectivity index (χ1v) is 18.4. The van der Waals surface area contributed by atoms with Gasteiger partial charge in [0.15, 0.2) is 5.82 Å². The number of hydrogen-bond donors (Lipinski definition) is 3. The van der Waals surface area contributed by atoms with Crippen LogP contribution in [0.5, 0.6) is 5.75 Å². The molecule has 12 nitrogen and oxygen atoms in total. The van der Waals surface area contributed by atoms with E-state index in [1.165, 1.54) is 0 Å². The summed E-state index contributed by atoms with van der Waals surface area (Å²) in [4.78, 5) is 52.2. The van der Waals surface area contributed by atoms with Gasteiger partial charge in [-0.15, -0.1) is 0 Å². The van der Waals surface area contributed by atoms with E-state index in [4.69, 9.17) is 20.2 Å². The first-order valence-electron chi connectivity index (χ1n) is 18.4. The van der Waals surface area contributed by atoms with Crippen molar-refractivity contribution in [3.8, 4) is 5.75 Å². The monoisotopic (exact) mass is 697 g/mol. The molecule has 51 heavy (non-hydrogen) atoms. The van der Waals surface area contributed by atoms with Gasteiger partial charge in [-0.25, -0.2) is 4.98 Å². The fourth-order valence-electron chi connectivity index (χ4n) is 7.70. The summed E-state index contributed by atoms with van der Waals surface area (Å²) in [6.07, 6.45) is 12.1. The summed E-state index contributed by atoms with van der Waals surface area (Å²) in [5.41, 5.74) is 9.66. The summed E-state index contributed by atoms with van der Waals surface area (Å²) >= 11 is 0. The Bertz CT molecular complexity index is 1700. The third kappa shape index (κ3) is 8.27. The third-order valence-electron chi connectivity index (χ3n) is 10.5. The summed E-state index contributed by atoms with van der Waals surface area (Å²) in [6, 6.07) is 12.3. The van der Waals surface area contributed by atoms with E-state index < -0.39 is 6.04 Å². The van der Waals surface area contributed by atoms with Crippen molar-refractivity contribution >= 4 is 46.6 Å². The van der Waals surface area contributed by atoms with Crippen molar-refractivity contribution < 1.29 is 23.9 Å². The van der Waals surface area contributed by atoms with E-state index in [9.17, 15) is 14.4 Å². The van der Waals surface area contributed by atoms with E-state index >= 15 is 0 Å². The molecule has 0 spiro atoms. The fourth-order valence-corrected chi connectivity index (χ4v) is 7.70. The number of aromatic nitrogens is 2. The van der Waals surface area contributed by atoms with Gasteiger partial charge in [0.05, 0.1) is 19.0 Å². The molecule has 3 atom stereocenters. The molecule has 12 heteroatoms. The fraction of sp³-hybridized carbons (Fsp3) is 0.513. The smallest absolute Gasteiger partial charge is 0.323 e. The SMILES string of the molecule is CC[C@@H]1C(=O)N(C)c2cnc(Nc3ccc(C(=O)Nc4ccc(C[C@@H](C)C[C@H](N)C(=O)OC5CCCC5)cc4)cc3OC)nc2N1C1CCCC1. The van der Waals surface area contributed by atoms with Crippen molar-refractivity contribution in [2.45, 2.75) is 109 Å². The van der Waals surface area contributed by atoms with Crippen molar-refractivity contribution in [2.75, 3.05) is 34.6 Å². The van der Waals surface area contributed by atoms with Crippen LogP contribution in [0.25, 0.3) is 0 Å². The van der Waals surface area contributed by atoms with Gasteiger partial charge in [0, 0.05) is 24.3 Å². The summed E-state index contributed by atoms with van der Waals surface area (Å²) in [6.45, 7) is 4.12. The minimum Gasteiger partial charge on any atom is -0.495 e. The number of esters is 1. The molecule has 0 saturated heterocycles. The number of fused-ring (bicyclic) bond motifs is 1. The topological polar surface area (TPSA) is 152 Å². The van der Waals surface area contributed by atoms with E-state index in [1.54, 1.807) is 43.5 Å². The number of ether oxygens (including phenoxy) is 2. The normalized spacial score (nSPS) is 19.1. The van der Waals surface area contributed by atoms with E-state index in [0.717, 1.165) is 69.2 Å². The summed E-state index contributed by atoms with van der Waals surface area (Å²) in [7, 11) is 3.33. The number of hydrogen-bond acceptors (Lipinski definition) is 10. The lowest BCUT2D eigenvalue weighted by Crippen LogP contribution is -2.55. The lowest BCUT2D eigenvalue weighted by Gasteiger charge is -2.43. The Morgan fingerprint density at radius 3 is 2.43 bits per heavy atom. The second-order valence-electron chi connectivity index (χ2n) is 14.3. The van der Waals surface area contributed by atoms with Crippen LogP contribution in [0.2, 0.25) is 0 Å².